The fraction of sp³-hybridized carbons (Fsp3) is 0.276. The molecule has 0 radical (unpaired) electrons. The summed E-state index contributed by atoms with van der Waals surface area (Å²) >= 11 is 0. The van der Waals surface area contributed by atoms with Gasteiger partial charge in [0, 0.05) is 45.0 Å². The summed E-state index contributed by atoms with van der Waals surface area (Å²) in [6, 6.07) is 18.9. The van der Waals surface area contributed by atoms with Crippen LogP contribution >= 0.6 is 12.4 Å². The summed E-state index contributed by atoms with van der Waals surface area (Å²) in [6.45, 7) is 1.98. The number of benzene rings is 3. The number of nitrogens with one attached hydrogen (secondary N) is 1. The van der Waals surface area contributed by atoms with E-state index in [1.54, 1.807) is 12.1 Å². The largest absolute Gasteiger partial charge is 0.491 e. The van der Waals surface area contributed by atoms with E-state index in [9.17, 15) is 13.2 Å². The van der Waals surface area contributed by atoms with Crippen LogP contribution in [0.4, 0.5) is 18.9 Å². The Kier molecular flexibility index (Phi) is 10.8. The third-order valence-corrected chi connectivity index (χ3v) is 5.71. The topological polar surface area (TPSA) is 59.8 Å². The molecule has 1 aromatic heterocycles. The monoisotopic (exact) mass is 561 g/mol. The molecule has 0 bridgehead atoms. The third kappa shape index (κ3) is 9.02. The van der Waals surface area contributed by atoms with Gasteiger partial charge in [-0.3, -0.25) is 0 Å². The number of ether oxygens (including phenoxy) is 2. The first-order valence-electron chi connectivity index (χ1n) is 12.2. The molecule has 208 valence electrons. The molecule has 1 N–H and O–H groups in total. The lowest BCUT2D eigenvalue weighted by molar-refractivity contribution is -0.137. The molecule has 0 fully saturated rings. The fourth-order valence-electron chi connectivity index (χ4n) is 3.69. The Labute approximate surface area is 231 Å². The van der Waals surface area contributed by atoms with Gasteiger partial charge in [-0.1, -0.05) is 30.3 Å². The SMILES string of the molecule is CN(C)c1ccc(/C=C/c2nc3ccc(OCCOCCNCc4cccc(C(F)(F)F)c4)cc3o2)cc1.Cl. The number of anilines is 1. The van der Waals surface area contributed by atoms with E-state index in [4.69, 9.17) is 13.9 Å². The second-order valence-corrected chi connectivity index (χ2v) is 8.84. The molecule has 0 saturated heterocycles. The predicted octanol–water partition coefficient (Wildman–Crippen LogP) is 6.69. The maximum absolute atomic E-state index is 12.8. The molecule has 4 rings (SSSR count). The van der Waals surface area contributed by atoms with Gasteiger partial charge < -0.3 is 24.1 Å². The van der Waals surface area contributed by atoms with Crippen LogP contribution in [0.25, 0.3) is 23.3 Å². The number of alkyl halides is 3. The third-order valence-electron chi connectivity index (χ3n) is 5.71. The zero-order valence-electron chi connectivity index (χ0n) is 21.7. The summed E-state index contributed by atoms with van der Waals surface area (Å²) in [4.78, 5) is 6.53. The van der Waals surface area contributed by atoms with Crippen molar-refractivity contribution in [3.8, 4) is 5.75 Å². The molecule has 3 aromatic carbocycles. The molecule has 4 aromatic rings. The summed E-state index contributed by atoms with van der Waals surface area (Å²) in [7, 11) is 4.01. The average molecular weight is 562 g/mol. The summed E-state index contributed by atoms with van der Waals surface area (Å²) < 4.78 is 55.5. The van der Waals surface area contributed by atoms with Gasteiger partial charge in [-0.2, -0.15) is 13.2 Å². The lowest BCUT2D eigenvalue weighted by Gasteiger charge is -2.11. The first-order valence-corrected chi connectivity index (χ1v) is 12.2. The van der Waals surface area contributed by atoms with Gasteiger partial charge in [-0.15, -0.1) is 12.4 Å². The van der Waals surface area contributed by atoms with Crippen LogP contribution in [-0.4, -0.2) is 45.4 Å². The van der Waals surface area contributed by atoms with Gasteiger partial charge in [0.15, 0.2) is 5.58 Å². The number of fused-ring (bicyclic) bond motifs is 1. The van der Waals surface area contributed by atoms with Crippen LogP contribution in [0.15, 0.2) is 71.1 Å². The van der Waals surface area contributed by atoms with E-state index in [0.29, 0.717) is 55.7 Å². The summed E-state index contributed by atoms with van der Waals surface area (Å²) in [5, 5.41) is 3.08. The van der Waals surface area contributed by atoms with Crippen LogP contribution in [0, 0.1) is 0 Å². The van der Waals surface area contributed by atoms with Crippen molar-refractivity contribution in [2.24, 2.45) is 0 Å². The zero-order valence-corrected chi connectivity index (χ0v) is 22.5. The second-order valence-electron chi connectivity index (χ2n) is 8.84. The minimum atomic E-state index is -4.34. The first-order chi connectivity index (χ1) is 18.3. The molecule has 0 amide bonds. The van der Waals surface area contributed by atoms with Crippen molar-refractivity contribution in [2.75, 3.05) is 45.4 Å². The zero-order chi connectivity index (χ0) is 27.0. The first kappa shape index (κ1) is 30.0. The van der Waals surface area contributed by atoms with Crippen molar-refractivity contribution < 1.29 is 27.1 Å². The highest BCUT2D eigenvalue weighted by Crippen LogP contribution is 2.29. The van der Waals surface area contributed by atoms with Crippen LogP contribution in [0.1, 0.15) is 22.6 Å². The maximum atomic E-state index is 12.8. The van der Waals surface area contributed by atoms with E-state index in [1.807, 2.05) is 55.4 Å². The number of rotatable bonds is 12. The Morgan fingerprint density at radius 2 is 1.74 bits per heavy atom. The van der Waals surface area contributed by atoms with Crippen molar-refractivity contribution in [1.82, 2.24) is 10.3 Å². The maximum Gasteiger partial charge on any atom is 0.416 e. The smallest absolute Gasteiger partial charge is 0.416 e. The Hall–Kier alpha value is -3.53. The average Bonchev–Trinajstić information content (AvgIpc) is 3.31. The Balaban J connectivity index is 0.00000420. The summed E-state index contributed by atoms with van der Waals surface area (Å²) in [5.74, 6) is 1.16. The van der Waals surface area contributed by atoms with Crippen molar-refractivity contribution in [3.05, 3.63) is 89.3 Å². The minimum Gasteiger partial charge on any atom is -0.491 e. The van der Waals surface area contributed by atoms with Gasteiger partial charge in [-0.05, 0) is 47.5 Å². The number of halogens is 4. The molecule has 10 heteroatoms. The number of aromatic nitrogens is 1. The molecule has 0 spiro atoms. The van der Waals surface area contributed by atoms with Crippen molar-refractivity contribution in [3.63, 3.8) is 0 Å². The molecular formula is C29H31ClF3N3O3. The van der Waals surface area contributed by atoms with Crippen LogP contribution in [0.2, 0.25) is 0 Å². The summed E-state index contributed by atoms with van der Waals surface area (Å²) in [6.07, 6.45) is -0.552. The number of nitrogens with zero attached hydrogens (tertiary/aromatic N) is 2. The molecule has 0 saturated carbocycles. The van der Waals surface area contributed by atoms with Crippen LogP contribution in [0.3, 0.4) is 0 Å². The minimum absolute atomic E-state index is 0. The molecule has 0 aliphatic carbocycles. The van der Waals surface area contributed by atoms with E-state index >= 15 is 0 Å². The van der Waals surface area contributed by atoms with Gasteiger partial charge in [-0.25, -0.2) is 4.98 Å². The van der Waals surface area contributed by atoms with Crippen LogP contribution in [-0.2, 0) is 17.5 Å². The Morgan fingerprint density at radius 3 is 2.49 bits per heavy atom. The highest BCUT2D eigenvalue weighted by atomic mass is 35.5. The highest BCUT2D eigenvalue weighted by Gasteiger charge is 2.30. The standard InChI is InChI=1S/C29H30F3N3O3.ClH/c1-35(2)24-9-6-21(7-10-24)8-13-28-34-26-12-11-25(19-27(26)38-28)37-17-16-36-15-14-33-20-22-4-3-5-23(18-22)29(30,31)32;/h3-13,18-19,33H,14-17,20H2,1-2H3;1H/b13-8+;. The van der Waals surface area contributed by atoms with Gasteiger partial charge >= 0.3 is 6.18 Å². The van der Waals surface area contributed by atoms with E-state index in [1.165, 1.54) is 6.07 Å². The van der Waals surface area contributed by atoms with Crippen LogP contribution in [0.5, 0.6) is 5.75 Å². The molecular weight excluding hydrogens is 531 g/mol. The van der Waals surface area contributed by atoms with Crippen molar-refractivity contribution in [1.29, 1.82) is 0 Å². The van der Waals surface area contributed by atoms with Crippen molar-refractivity contribution in [2.45, 2.75) is 12.7 Å². The lowest BCUT2D eigenvalue weighted by Crippen LogP contribution is -2.21. The molecule has 0 atom stereocenters. The predicted molar refractivity (Wildman–Crippen MR) is 150 cm³/mol. The van der Waals surface area contributed by atoms with Gasteiger partial charge in [0.2, 0.25) is 5.89 Å². The molecule has 0 aliphatic heterocycles. The molecule has 39 heavy (non-hydrogen) atoms. The van der Waals surface area contributed by atoms with Gasteiger partial charge in [0.05, 0.1) is 18.8 Å². The van der Waals surface area contributed by atoms with E-state index in [-0.39, 0.29) is 12.4 Å². The van der Waals surface area contributed by atoms with Crippen molar-refractivity contribution >= 4 is 41.3 Å². The molecule has 6 nitrogen and oxygen atoms in total. The van der Waals surface area contributed by atoms with E-state index in [0.717, 1.165) is 28.9 Å². The lowest BCUT2D eigenvalue weighted by atomic mass is 10.1. The Bertz CT molecular complexity index is 1360. The van der Waals surface area contributed by atoms with E-state index < -0.39 is 11.7 Å². The number of oxazole rings is 1. The van der Waals surface area contributed by atoms with E-state index in [2.05, 4.69) is 22.4 Å². The molecule has 0 aliphatic rings. The van der Waals surface area contributed by atoms with Crippen LogP contribution < -0.4 is 15.0 Å². The quantitative estimate of drug-likeness (QED) is 0.194. The summed E-state index contributed by atoms with van der Waals surface area (Å²) in [5.41, 5.74) is 3.48. The molecule has 0 unspecified atom stereocenters. The van der Waals surface area contributed by atoms with Gasteiger partial charge in [0.1, 0.15) is 17.9 Å². The number of hydrogen-bond donors (Lipinski definition) is 1. The second kappa shape index (κ2) is 14.0. The highest BCUT2D eigenvalue weighted by molar-refractivity contribution is 5.85. The van der Waals surface area contributed by atoms with Gasteiger partial charge in [0.25, 0.3) is 0 Å². The Morgan fingerprint density at radius 1 is 0.949 bits per heavy atom. The normalized spacial score (nSPS) is 11.6. The fourth-order valence-corrected chi connectivity index (χ4v) is 3.69. The molecule has 1 heterocycles. The number of hydrogen-bond acceptors (Lipinski definition) is 6.